The lowest BCUT2D eigenvalue weighted by Gasteiger charge is -2.39. The van der Waals surface area contributed by atoms with Gasteiger partial charge in [0.25, 0.3) is 0 Å². The third kappa shape index (κ3) is 3.56. The van der Waals surface area contributed by atoms with Gasteiger partial charge in [0.1, 0.15) is 0 Å². The quantitative estimate of drug-likeness (QED) is 0.829. The van der Waals surface area contributed by atoms with E-state index in [2.05, 4.69) is 16.8 Å². The van der Waals surface area contributed by atoms with Crippen molar-refractivity contribution in [3.05, 3.63) is 23.2 Å². The van der Waals surface area contributed by atoms with E-state index in [1.54, 1.807) is 0 Å². The number of amides is 1. The minimum absolute atomic E-state index is 0.0944. The molecule has 2 aliphatic rings. The van der Waals surface area contributed by atoms with E-state index in [-0.39, 0.29) is 18.1 Å². The Balaban J connectivity index is 1.74. The molecule has 1 fully saturated rings. The molecule has 0 unspecified atom stereocenters. The van der Waals surface area contributed by atoms with E-state index in [9.17, 15) is 4.79 Å². The van der Waals surface area contributed by atoms with Gasteiger partial charge in [-0.05, 0) is 32.0 Å². The first kappa shape index (κ1) is 16.4. The summed E-state index contributed by atoms with van der Waals surface area (Å²) in [7, 11) is 2.07. The highest BCUT2D eigenvalue weighted by molar-refractivity contribution is 6.31. The molecule has 2 heterocycles. The molecule has 3 rings (SSSR count). The van der Waals surface area contributed by atoms with Crippen LogP contribution >= 0.6 is 11.6 Å². The summed E-state index contributed by atoms with van der Waals surface area (Å²) >= 11 is 6.16. The fourth-order valence-corrected chi connectivity index (χ4v) is 3.56. The molecule has 23 heavy (non-hydrogen) atoms. The smallest absolute Gasteiger partial charge is 0.242 e. The van der Waals surface area contributed by atoms with E-state index in [0.29, 0.717) is 24.7 Å². The second-order valence-electron chi connectivity index (χ2n) is 6.53. The maximum absolute atomic E-state index is 12.7. The van der Waals surface area contributed by atoms with E-state index < -0.39 is 0 Å². The Labute approximate surface area is 142 Å². The summed E-state index contributed by atoms with van der Waals surface area (Å²) in [5.74, 6) is 0.155. The van der Waals surface area contributed by atoms with Crippen LogP contribution in [0.3, 0.4) is 0 Å². The van der Waals surface area contributed by atoms with Crippen LogP contribution in [-0.4, -0.2) is 62.8 Å². The standard InChI is InChI=1S/C17H24ClN3O2/c1-12-9-21(10-13(2)23-12)17(22)11-20-7-6-19(3)15-5-4-14(18)8-16(15)20/h4-5,8,12-13H,6-7,9-11H2,1-3H3/t12-,13-/m1/s1. The number of hydrogen-bond acceptors (Lipinski definition) is 4. The lowest BCUT2D eigenvalue weighted by Crippen LogP contribution is -2.52. The zero-order chi connectivity index (χ0) is 16.6. The van der Waals surface area contributed by atoms with Gasteiger partial charge < -0.3 is 19.4 Å². The van der Waals surface area contributed by atoms with Crippen LogP contribution in [0.4, 0.5) is 11.4 Å². The molecule has 0 aromatic heterocycles. The number of likely N-dealkylation sites (N-methyl/N-ethyl adjacent to an activating group) is 1. The minimum atomic E-state index is 0.0944. The molecule has 0 spiro atoms. The third-order valence-electron chi connectivity index (χ3n) is 4.49. The van der Waals surface area contributed by atoms with Gasteiger partial charge in [-0.15, -0.1) is 0 Å². The van der Waals surface area contributed by atoms with E-state index in [1.165, 1.54) is 0 Å². The number of fused-ring (bicyclic) bond motifs is 1. The lowest BCUT2D eigenvalue weighted by molar-refractivity contribution is -0.141. The minimum Gasteiger partial charge on any atom is -0.372 e. The highest BCUT2D eigenvalue weighted by Gasteiger charge is 2.29. The van der Waals surface area contributed by atoms with Crippen LogP contribution in [0.2, 0.25) is 5.02 Å². The van der Waals surface area contributed by atoms with Gasteiger partial charge in [-0.25, -0.2) is 0 Å². The van der Waals surface area contributed by atoms with Crippen molar-refractivity contribution in [2.45, 2.75) is 26.1 Å². The van der Waals surface area contributed by atoms with Crippen molar-refractivity contribution in [3.8, 4) is 0 Å². The van der Waals surface area contributed by atoms with Crippen LogP contribution in [0.25, 0.3) is 0 Å². The molecule has 0 saturated carbocycles. The van der Waals surface area contributed by atoms with E-state index >= 15 is 0 Å². The maximum atomic E-state index is 12.7. The fraction of sp³-hybridized carbons (Fsp3) is 0.588. The third-order valence-corrected chi connectivity index (χ3v) is 4.73. The zero-order valence-electron chi connectivity index (χ0n) is 14.0. The molecule has 2 aliphatic heterocycles. The van der Waals surface area contributed by atoms with Gasteiger partial charge in [0.05, 0.1) is 30.1 Å². The number of halogens is 1. The molecule has 6 heteroatoms. The summed E-state index contributed by atoms with van der Waals surface area (Å²) < 4.78 is 5.71. The van der Waals surface area contributed by atoms with Crippen molar-refractivity contribution >= 4 is 28.9 Å². The Hall–Kier alpha value is -1.46. The van der Waals surface area contributed by atoms with E-state index in [1.807, 2.05) is 36.9 Å². The number of nitrogens with zero attached hydrogens (tertiary/aromatic N) is 3. The molecule has 0 aliphatic carbocycles. The SMILES string of the molecule is C[C@@H]1CN(C(=O)CN2CCN(C)c3ccc(Cl)cc32)C[C@@H](C)O1. The number of carbonyl (C=O) groups excluding carboxylic acids is 1. The fourth-order valence-electron chi connectivity index (χ4n) is 3.39. The van der Waals surface area contributed by atoms with Crippen LogP contribution in [0.1, 0.15) is 13.8 Å². The Morgan fingerprint density at radius 2 is 1.91 bits per heavy atom. The van der Waals surface area contributed by atoms with Crippen molar-refractivity contribution < 1.29 is 9.53 Å². The predicted octanol–water partition coefficient (Wildman–Crippen LogP) is 2.23. The van der Waals surface area contributed by atoms with Crippen LogP contribution in [-0.2, 0) is 9.53 Å². The van der Waals surface area contributed by atoms with E-state index in [4.69, 9.17) is 16.3 Å². The monoisotopic (exact) mass is 337 g/mol. The number of rotatable bonds is 2. The Morgan fingerprint density at radius 1 is 1.22 bits per heavy atom. The molecule has 0 radical (unpaired) electrons. The van der Waals surface area contributed by atoms with Crippen molar-refractivity contribution in [1.82, 2.24) is 4.90 Å². The highest BCUT2D eigenvalue weighted by Crippen LogP contribution is 2.34. The average Bonchev–Trinajstić information content (AvgIpc) is 2.49. The van der Waals surface area contributed by atoms with Crippen molar-refractivity contribution in [3.63, 3.8) is 0 Å². The van der Waals surface area contributed by atoms with Crippen molar-refractivity contribution in [2.75, 3.05) is 49.6 Å². The first-order valence-electron chi connectivity index (χ1n) is 8.13. The van der Waals surface area contributed by atoms with Crippen molar-refractivity contribution in [2.24, 2.45) is 0 Å². The van der Waals surface area contributed by atoms with Crippen molar-refractivity contribution in [1.29, 1.82) is 0 Å². The molecule has 1 saturated heterocycles. The number of anilines is 2. The Bertz CT molecular complexity index is 585. The topological polar surface area (TPSA) is 36.0 Å². The number of ether oxygens (including phenoxy) is 1. The summed E-state index contributed by atoms with van der Waals surface area (Å²) in [5.41, 5.74) is 2.16. The van der Waals surface area contributed by atoms with Crippen LogP contribution < -0.4 is 9.80 Å². The second-order valence-corrected chi connectivity index (χ2v) is 6.97. The largest absolute Gasteiger partial charge is 0.372 e. The highest BCUT2D eigenvalue weighted by atomic mass is 35.5. The van der Waals surface area contributed by atoms with Crippen LogP contribution in [0, 0.1) is 0 Å². The predicted molar refractivity (Wildman–Crippen MR) is 93.5 cm³/mol. The molecular formula is C17H24ClN3O2. The number of carbonyl (C=O) groups is 1. The summed E-state index contributed by atoms with van der Waals surface area (Å²) in [6, 6.07) is 5.87. The number of benzene rings is 1. The van der Waals surface area contributed by atoms with Gasteiger partial charge in [-0.1, -0.05) is 11.6 Å². The molecule has 1 amide bonds. The molecule has 5 nitrogen and oxygen atoms in total. The van der Waals surface area contributed by atoms with Gasteiger partial charge in [0.2, 0.25) is 5.91 Å². The van der Waals surface area contributed by atoms with Gasteiger partial charge in [-0.2, -0.15) is 0 Å². The second kappa shape index (κ2) is 6.57. The normalized spacial score (nSPS) is 24.6. The van der Waals surface area contributed by atoms with E-state index in [0.717, 1.165) is 24.5 Å². The lowest BCUT2D eigenvalue weighted by atomic mass is 10.1. The first-order valence-corrected chi connectivity index (χ1v) is 8.50. The molecular weight excluding hydrogens is 314 g/mol. The first-order chi connectivity index (χ1) is 10.9. The van der Waals surface area contributed by atoms with Crippen LogP contribution in [0.15, 0.2) is 18.2 Å². The number of hydrogen-bond donors (Lipinski definition) is 0. The summed E-state index contributed by atoms with van der Waals surface area (Å²) in [6.45, 7) is 7.48. The van der Waals surface area contributed by atoms with Crippen LogP contribution in [0.5, 0.6) is 0 Å². The molecule has 1 aromatic carbocycles. The Kier molecular flexibility index (Phi) is 4.69. The maximum Gasteiger partial charge on any atom is 0.242 e. The zero-order valence-corrected chi connectivity index (χ0v) is 14.7. The molecule has 0 N–H and O–H groups in total. The number of morpholine rings is 1. The molecule has 126 valence electrons. The van der Waals surface area contributed by atoms with Gasteiger partial charge in [0, 0.05) is 38.2 Å². The Morgan fingerprint density at radius 3 is 2.61 bits per heavy atom. The molecule has 1 aromatic rings. The summed E-state index contributed by atoms with van der Waals surface area (Å²) in [6.07, 6.45) is 0.189. The van der Waals surface area contributed by atoms with Gasteiger partial charge in [-0.3, -0.25) is 4.79 Å². The van der Waals surface area contributed by atoms with Gasteiger partial charge >= 0.3 is 0 Å². The van der Waals surface area contributed by atoms with Gasteiger partial charge in [0.15, 0.2) is 0 Å². The summed E-state index contributed by atoms with van der Waals surface area (Å²) in [4.78, 5) is 19.0. The molecule has 0 bridgehead atoms. The average molecular weight is 338 g/mol. The summed E-state index contributed by atoms with van der Waals surface area (Å²) in [5, 5.41) is 0.699. The molecule has 2 atom stereocenters.